The van der Waals surface area contributed by atoms with Gasteiger partial charge in [-0.15, -0.1) is 0 Å². The highest BCUT2D eigenvalue weighted by Crippen LogP contribution is 2.33. The van der Waals surface area contributed by atoms with Crippen LogP contribution in [-0.4, -0.2) is 17.7 Å². The summed E-state index contributed by atoms with van der Waals surface area (Å²) in [7, 11) is 1.27. The van der Waals surface area contributed by atoms with Crippen LogP contribution in [0.2, 0.25) is 0 Å². The van der Waals surface area contributed by atoms with Crippen molar-refractivity contribution in [1.82, 2.24) is 0 Å². The number of ether oxygens (including phenoxy) is 1. The van der Waals surface area contributed by atoms with E-state index in [0.717, 1.165) is 12.1 Å². The van der Waals surface area contributed by atoms with E-state index in [4.69, 9.17) is 4.74 Å². The number of hydrogen-bond acceptors (Lipinski definition) is 2. The molecule has 0 fully saturated rings. The molecule has 1 rings (SSSR count). The Kier molecular flexibility index (Phi) is 8.74. The van der Waals surface area contributed by atoms with Gasteiger partial charge in [0.25, 0.3) is 0 Å². The zero-order chi connectivity index (χ0) is 17.5. The first-order valence-electron chi connectivity index (χ1n) is 7.09. The van der Waals surface area contributed by atoms with E-state index >= 15 is 0 Å². The van der Waals surface area contributed by atoms with Crippen molar-refractivity contribution < 1.29 is 22.7 Å². The van der Waals surface area contributed by atoms with Crippen LogP contribution in [0.4, 0.5) is 13.2 Å². The molecule has 0 amide bonds. The normalized spacial score (nSPS) is 12.5. The number of methoxy groups -OCH3 is 1. The third-order valence-electron chi connectivity index (χ3n) is 2.72. The monoisotopic (exact) mass is 382 g/mol. The van der Waals surface area contributed by atoms with Gasteiger partial charge in [0, 0.05) is 5.56 Å². The Hall–Kier alpha value is -1.04. The van der Waals surface area contributed by atoms with E-state index in [1.807, 2.05) is 27.7 Å². The number of hydrogen-bond donors (Lipinski definition) is 0. The fourth-order valence-corrected chi connectivity index (χ4v) is 2.74. The van der Waals surface area contributed by atoms with Crippen molar-refractivity contribution in [2.75, 3.05) is 7.11 Å². The van der Waals surface area contributed by atoms with Gasteiger partial charge in [0.05, 0.1) is 17.5 Å². The molecule has 0 N–H and O–H groups in total. The van der Waals surface area contributed by atoms with E-state index < -0.39 is 16.6 Å². The van der Waals surface area contributed by atoms with Crippen LogP contribution in [-0.2, 0) is 6.18 Å². The second-order valence-corrected chi connectivity index (χ2v) is 6.01. The van der Waals surface area contributed by atoms with E-state index in [1.165, 1.54) is 13.2 Å². The highest BCUT2D eigenvalue weighted by atomic mass is 79.9. The van der Waals surface area contributed by atoms with Crippen molar-refractivity contribution in [2.45, 2.75) is 45.1 Å². The Morgan fingerprint density at radius 3 is 2.18 bits per heavy atom. The lowest BCUT2D eigenvalue weighted by atomic mass is 9.99. The van der Waals surface area contributed by atoms with Gasteiger partial charge in [-0.2, -0.15) is 13.2 Å². The molecule has 0 aromatic heterocycles. The standard InChI is InChI=1S/C14H16BrF3O2.C2H6/c1-8(2)4-12(15)13(19)9-5-10(14(16,17)18)7-11(6-9)20-3;1-2/h5-8,12H,4H2,1-3H3;1-2H3. The fourth-order valence-electron chi connectivity index (χ4n) is 1.72. The molecule has 22 heavy (non-hydrogen) atoms. The number of halogens is 4. The van der Waals surface area contributed by atoms with E-state index in [0.29, 0.717) is 6.42 Å². The summed E-state index contributed by atoms with van der Waals surface area (Å²) in [5, 5.41) is 0. The van der Waals surface area contributed by atoms with E-state index in [9.17, 15) is 18.0 Å². The minimum atomic E-state index is -4.51. The number of carbonyl (C=O) groups is 1. The molecule has 0 aliphatic heterocycles. The highest BCUT2D eigenvalue weighted by molar-refractivity contribution is 9.10. The van der Waals surface area contributed by atoms with Crippen LogP contribution < -0.4 is 4.74 Å². The Morgan fingerprint density at radius 1 is 1.23 bits per heavy atom. The fraction of sp³-hybridized carbons (Fsp3) is 0.562. The number of carbonyl (C=O) groups excluding carboxylic acids is 1. The predicted molar refractivity (Wildman–Crippen MR) is 85.8 cm³/mol. The lowest BCUT2D eigenvalue weighted by Gasteiger charge is -2.14. The molecule has 0 spiro atoms. The summed E-state index contributed by atoms with van der Waals surface area (Å²) < 4.78 is 43.2. The lowest BCUT2D eigenvalue weighted by Crippen LogP contribution is -2.17. The maximum atomic E-state index is 12.8. The summed E-state index contributed by atoms with van der Waals surface area (Å²) in [4.78, 5) is 11.7. The summed E-state index contributed by atoms with van der Waals surface area (Å²) in [6.45, 7) is 7.88. The summed E-state index contributed by atoms with van der Waals surface area (Å²) >= 11 is 3.23. The summed E-state index contributed by atoms with van der Waals surface area (Å²) in [6, 6.07) is 3.06. The van der Waals surface area contributed by atoms with Crippen molar-refractivity contribution in [1.29, 1.82) is 0 Å². The summed E-state index contributed by atoms with van der Waals surface area (Å²) in [5.41, 5.74) is -0.886. The highest BCUT2D eigenvalue weighted by Gasteiger charge is 2.32. The largest absolute Gasteiger partial charge is 0.497 e. The number of ketones is 1. The molecule has 1 aromatic carbocycles. The third kappa shape index (κ3) is 6.38. The summed E-state index contributed by atoms with van der Waals surface area (Å²) in [6.07, 6.45) is -3.96. The van der Waals surface area contributed by atoms with Crippen molar-refractivity contribution in [3.63, 3.8) is 0 Å². The van der Waals surface area contributed by atoms with Gasteiger partial charge in [-0.1, -0.05) is 43.6 Å². The van der Waals surface area contributed by atoms with Gasteiger partial charge < -0.3 is 4.74 Å². The van der Waals surface area contributed by atoms with Crippen molar-refractivity contribution in [3.05, 3.63) is 29.3 Å². The van der Waals surface area contributed by atoms with Gasteiger partial charge in [0.2, 0.25) is 0 Å². The van der Waals surface area contributed by atoms with E-state index in [1.54, 1.807) is 0 Å². The molecule has 6 heteroatoms. The van der Waals surface area contributed by atoms with Gasteiger partial charge in [-0.05, 0) is 30.5 Å². The second kappa shape index (κ2) is 9.18. The zero-order valence-electron chi connectivity index (χ0n) is 13.4. The summed E-state index contributed by atoms with van der Waals surface area (Å²) in [5.74, 6) is -0.0912. The number of Topliss-reactive ketones (excluding diaryl/α,β-unsaturated/α-hetero) is 1. The molecule has 0 saturated heterocycles. The van der Waals surface area contributed by atoms with Crippen LogP contribution in [0.15, 0.2) is 18.2 Å². The van der Waals surface area contributed by atoms with Crippen LogP contribution in [0.5, 0.6) is 5.75 Å². The molecule has 1 unspecified atom stereocenters. The maximum absolute atomic E-state index is 12.8. The minimum Gasteiger partial charge on any atom is -0.497 e. The average Bonchev–Trinajstić information content (AvgIpc) is 2.46. The molecule has 0 bridgehead atoms. The van der Waals surface area contributed by atoms with Gasteiger partial charge in [0.1, 0.15) is 5.75 Å². The van der Waals surface area contributed by atoms with Crippen molar-refractivity contribution in [3.8, 4) is 5.75 Å². The van der Waals surface area contributed by atoms with Crippen molar-refractivity contribution >= 4 is 21.7 Å². The zero-order valence-corrected chi connectivity index (χ0v) is 15.0. The molecule has 0 aliphatic carbocycles. The van der Waals surface area contributed by atoms with E-state index in [-0.39, 0.29) is 23.0 Å². The lowest BCUT2D eigenvalue weighted by molar-refractivity contribution is -0.137. The van der Waals surface area contributed by atoms with Crippen LogP contribution in [0.25, 0.3) is 0 Å². The number of alkyl halides is 4. The van der Waals surface area contributed by atoms with Crippen LogP contribution in [0, 0.1) is 5.92 Å². The average molecular weight is 383 g/mol. The number of rotatable bonds is 5. The molecular formula is C16H22BrF3O2. The maximum Gasteiger partial charge on any atom is 0.416 e. The molecule has 2 nitrogen and oxygen atoms in total. The quantitative estimate of drug-likeness (QED) is 0.479. The molecule has 0 saturated carbocycles. The molecule has 0 heterocycles. The van der Waals surface area contributed by atoms with E-state index in [2.05, 4.69) is 15.9 Å². The SMILES string of the molecule is CC.COc1cc(C(=O)C(Br)CC(C)C)cc(C(F)(F)F)c1. The first-order chi connectivity index (χ1) is 10.1. The Labute approximate surface area is 138 Å². The molecule has 126 valence electrons. The molecular weight excluding hydrogens is 361 g/mol. The molecule has 0 radical (unpaired) electrons. The topological polar surface area (TPSA) is 26.3 Å². The van der Waals surface area contributed by atoms with Gasteiger partial charge in [0.15, 0.2) is 5.78 Å². The second-order valence-electron chi connectivity index (χ2n) is 4.91. The molecule has 1 aromatic rings. The molecule has 0 aliphatic rings. The Morgan fingerprint density at radius 2 is 1.77 bits per heavy atom. The van der Waals surface area contributed by atoms with Gasteiger partial charge in [-0.25, -0.2) is 0 Å². The van der Waals surface area contributed by atoms with Gasteiger partial charge >= 0.3 is 6.18 Å². The smallest absolute Gasteiger partial charge is 0.416 e. The van der Waals surface area contributed by atoms with Crippen molar-refractivity contribution in [2.24, 2.45) is 5.92 Å². The van der Waals surface area contributed by atoms with Crippen LogP contribution in [0.1, 0.15) is 50.0 Å². The minimum absolute atomic E-state index is 0.000741. The number of benzene rings is 1. The first-order valence-corrected chi connectivity index (χ1v) is 8.01. The Balaban J connectivity index is 0.00000211. The molecule has 1 atom stereocenters. The van der Waals surface area contributed by atoms with Crippen LogP contribution in [0.3, 0.4) is 0 Å². The van der Waals surface area contributed by atoms with Crippen LogP contribution >= 0.6 is 15.9 Å². The van der Waals surface area contributed by atoms with Gasteiger partial charge in [-0.3, -0.25) is 4.79 Å². The Bertz CT molecular complexity index is 485. The predicted octanol–water partition coefficient (Wildman–Crippen LogP) is 5.73. The third-order valence-corrected chi connectivity index (χ3v) is 3.51. The first kappa shape index (κ1) is 21.0.